The van der Waals surface area contributed by atoms with E-state index in [9.17, 15) is 9.59 Å². The SMILES string of the molecule is O=C1CCCn2nc(C(=O)N3CCCC3)cc21. The van der Waals surface area contributed by atoms with Crippen molar-refractivity contribution in [3.63, 3.8) is 0 Å². The number of nitrogens with zero attached hydrogens (tertiary/aromatic N) is 3. The highest BCUT2D eigenvalue weighted by atomic mass is 16.2. The van der Waals surface area contributed by atoms with Crippen LogP contribution in [-0.4, -0.2) is 39.5 Å². The maximum atomic E-state index is 12.1. The molecule has 5 nitrogen and oxygen atoms in total. The van der Waals surface area contributed by atoms with Gasteiger partial charge in [-0.2, -0.15) is 5.10 Å². The molecular weight excluding hydrogens is 218 g/mol. The smallest absolute Gasteiger partial charge is 0.274 e. The molecule has 1 amide bonds. The van der Waals surface area contributed by atoms with Crippen LogP contribution in [0.4, 0.5) is 0 Å². The molecule has 17 heavy (non-hydrogen) atoms. The third-order valence-electron chi connectivity index (χ3n) is 3.45. The fourth-order valence-corrected chi connectivity index (χ4v) is 2.52. The fourth-order valence-electron chi connectivity index (χ4n) is 2.52. The van der Waals surface area contributed by atoms with E-state index in [1.807, 2.05) is 4.90 Å². The van der Waals surface area contributed by atoms with Gasteiger partial charge in [-0.05, 0) is 19.3 Å². The molecule has 0 spiro atoms. The molecule has 0 aromatic carbocycles. The number of fused-ring (bicyclic) bond motifs is 1. The van der Waals surface area contributed by atoms with Gasteiger partial charge in [-0.1, -0.05) is 0 Å². The summed E-state index contributed by atoms with van der Waals surface area (Å²) in [5, 5.41) is 4.25. The number of likely N-dealkylation sites (tertiary alicyclic amines) is 1. The van der Waals surface area contributed by atoms with E-state index >= 15 is 0 Å². The van der Waals surface area contributed by atoms with Gasteiger partial charge in [0.2, 0.25) is 0 Å². The van der Waals surface area contributed by atoms with Gasteiger partial charge in [0.15, 0.2) is 11.5 Å². The summed E-state index contributed by atoms with van der Waals surface area (Å²) in [5.41, 5.74) is 1.02. The van der Waals surface area contributed by atoms with Gasteiger partial charge in [-0.15, -0.1) is 0 Å². The van der Waals surface area contributed by atoms with Gasteiger partial charge in [0.1, 0.15) is 5.69 Å². The number of ketones is 1. The van der Waals surface area contributed by atoms with E-state index in [0.717, 1.165) is 38.9 Å². The van der Waals surface area contributed by atoms with Crippen molar-refractivity contribution in [1.82, 2.24) is 14.7 Å². The minimum Gasteiger partial charge on any atom is -0.337 e. The number of hydrogen-bond donors (Lipinski definition) is 0. The Kier molecular flexibility index (Phi) is 2.46. The van der Waals surface area contributed by atoms with Crippen molar-refractivity contribution in [2.45, 2.75) is 32.2 Å². The second-order valence-electron chi connectivity index (χ2n) is 4.66. The highest BCUT2D eigenvalue weighted by molar-refractivity contribution is 5.99. The molecule has 3 rings (SSSR count). The van der Waals surface area contributed by atoms with Crippen LogP contribution >= 0.6 is 0 Å². The second kappa shape index (κ2) is 3.98. The first-order chi connectivity index (χ1) is 8.25. The van der Waals surface area contributed by atoms with Gasteiger partial charge in [-0.3, -0.25) is 14.3 Å². The highest BCUT2D eigenvalue weighted by Gasteiger charge is 2.26. The molecule has 0 radical (unpaired) electrons. The van der Waals surface area contributed by atoms with Crippen LogP contribution in [0.3, 0.4) is 0 Å². The lowest BCUT2D eigenvalue weighted by atomic mass is 10.1. The quantitative estimate of drug-likeness (QED) is 0.729. The van der Waals surface area contributed by atoms with Crippen LogP contribution in [0.2, 0.25) is 0 Å². The maximum absolute atomic E-state index is 12.1. The Hall–Kier alpha value is -1.65. The average Bonchev–Trinajstić information content (AvgIpc) is 2.98. The predicted molar refractivity (Wildman–Crippen MR) is 60.9 cm³/mol. The first-order valence-corrected chi connectivity index (χ1v) is 6.16. The van der Waals surface area contributed by atoms with E-state index in [4.69, 9.17) is 0 Å². The molecule has 1 aromatic heterocycles. The summed E-state index contributed by atoms with van der Waals surface area (Å²) in [7, 11) is 0. The molecule has 0 unspecified atom stereocenters. The van der Waals surface area contributed by atoms with Crippen LogP contribution in [-0.2, 0) is 6.54 Å². The zero-order valence-electron chi connectivity index (χ0n) is 9.69. The molecule has 90 valence electrons. The van der Waals surface area contributed by atoms with Crippen LogP contribution in [0, 0.1) is 0 Å². The Morgan fingerprint density at radius 2 is 1.94 bits per heavy atom. The van der Waals surface area contributed by atoms with E-state index in [0.29, 0.717) is 17.8 Å². The highest BCUT2D eigenvalue weighted by Crippen LogP contribution is 2.18. The minimum atomic E-state index is -0.0304. The van der Waals surface area contributed by atoms with E-state index < -0.39 is 0 Å². The van der Waals surface area contributed by atoms with Crippen molar-refractivity contribution < 1.29 is 9.59 Å². The molecule has 5 heteroatoms. The molecule has 0 atom stereocenters. The van der Waals surface area contributed by atoms with Crippen molar-refractivity contribution in [1.29, 1.82) is 0 Å². The summed E-state index contributed by atoms with van der Waals surface area (Å²) in [6.45, 7) is 2.37. The third kappa shape index (κ3) is 1.75. The number of amides is 1. The van der Waals surface area contributed by atoms with E-state index in [-0.39, 0.29) is 11.7 Å². The van der Waals surface area contributed by atoms with Gasteiger partial charge in [0.25, 0.3) is 5.91 Å². The number of carbonyl (C=O) groups is 2. The summed E-state index contributed by atoms with van der Waals surface area (Å²) in [5.74, 6) is 0.0708. The maximum Gasteiger partial charge on any atom is 0.274 e. The third-order valence-corrected chi connectivity index (χ3v) is 3.45. The van der Waals surface area contributed by atoms with Gasteiger partial charge in [0, 0.05) is 32.1 Å². The Morgan fingerprint density at radius 3 is 2.65 bits per heavy atom. The largest absolute Gasteiger partial charge is 0.337 e. The molecule has 0 aliphatic carbocycles. The lowest BCUT2D eigenvalue weighted by molar-refractivity contribution is 0.0785. The first-order valence-electron chi connectivity index (χ1n) is 6.16. The number of aryl methyl sites for hydroxylation is 1. The van der Waals surface area contributed by atoms with Gasteiger partial charge >= 0.3 is 0 Å². The standard InChI is InChI=1S/C12H15N3O2/c16-11-4-3-7-15-10(11)8-9(13-15)12(17)14-5-1-2-6-14/h8H,1-7H2. The molecular formula is C12H15N3O2. The van der Waals surface area contributed by atoms with Gasteiger partial charge in [-0.25, -0.2) is 0 Å². The molecule has 1 aromatic rings. The van der Waals surface area contributed by atoms with Gasteiger partial charge < -0.3 is 4.90 Å². The second-order valence-corrected chi connectivity index (χ2v) is 4.66. The molecule has 2 aliphatic heterocycles. The number of hydrogen-bond acceptors (Lipinski definition) is 3. The lowest BCUT2D eigenvalue weighted by Crippen LogP contribution is -2.28. The summed E-state index contributed by atoms with van der Waals surface area (Å²) in [4.78, 5) is 25.6. The number of Topliss-reactive ketones (excluding diaryl/α,β-unsaturated/α-hetero) is 1. The number of carbonyl (C=O) groups excluding carboxylic acids is 2. The molecule has 1 saturated heterocycles. The van der Waals surface area contributed by atoms with Crippen LogP contribution in [0.15, 0.2) is 6.07 Å². The summed E-state index contributed by atoms with van der Waals surface area (Å²) in [6.07, 6.45) is 3.53. The van der Waals surface area contributed by atoms with E-state index in [2.05, 4.69) is 5.10 Å². The summed E-state index contributed by atoms with van der Waals surface area (Å²) in [6, 6.07) is 1.65. The Labute approximate surface area is 99.4 Å². The van der Waals surface area contributed by atoms with Crippen molar-refractivity contribution in [2.24, 2.45) is 0 Å². The van der Waals surface area contributed by atoms with Crippen molar-refractivity contribution in [2.75, 3.05) is 13.1 Å². The molecule has 0 saturated carbocycles. The van der Waals surface area contributed by atoms with Crippen LogP contribution in [0.5, 0.6) is 0 Å². The molecule has 3 heterocycles. The monoisotopic (exact) mass is 233 g/mol. The van der Waals surface area contributed by atoms with Crippen LogP contribution in [0.1, 0.15) is 46.7 Å². The number of rotatable bonds is 1. The average molecular weight is 233 g/mol. The number of aromatic nitrogens is 2. The Balaban J connectivity index is 1.88. The van der Waals surface area contributed by atoms with Crippen molar-refractivity contribution in [3.05, 3.63) is 17.5 Å². The zero-order chi connectivity index (χ0) is 11.8. The zero-order valence-corrected chi connectivity index (χ0v) is 9.69. The normalized spacial score (nSPS) is 19.5. The fraction of sp³-hybridized carbons (Fsp3) is 0.583. The Morgan fingerprint density at radius 1 is 1.18 bits per heavy atom. The van der Waals surface area contributed by atoms with Crippen molar-refractivity contribution in [3.8, 4) is 0 Å². The molecule has 2 aliphatic rings. The van der Waals surface area contributed by atoms with Gasteiger partial charge in [0.05, 0.1) is 0 Å². The summed E-state index contributed by atoms with van der Waals surface area (Å²) >= 11 is 0. The van der Waals surface area contributed by atoms with Crippen molar-refractivity contribution >= 4 is 11.7 Å². The molecule has 0 N–H and O–H groups in total. The topological polar surface area (TPSA) is 55.2 Å². The van der Waals surface area contributed by atoms with Crippen LogP contribution < -0.4 is 0 Å². The van der Waals surface area contributed by atoms with Crippen LogP contribution in [0.25, 0.3) is 0 Å². The predicted octanol–water partition coefficient (Wildman–Crippen LogP) is 1.10. The Bertz CT molecular complexity index is 472. The summed E-state index contributed by atoms with van der Waals surface area (Å²) < 4.78 is 1.68. The van der Waals surface area contributed by atoms with E-state index in [1.165, 1.54) is 0 Å². The lowest BCUT2D eigenvalue weighted by Gasteiger charge is -2.12. The minimum absolute atomic E-state index is 0.0304. The van der Waals surface area contributed by atoms with E-state index in [1.54, 1.807) is 10.7 Å². The molecule has 0 bridgehead atoms. The first kappa shape index (κ1) is 10.5. The molecule has 1 fully saturated rings.